The molecular weight excluding hydrogens is 264 g/mol. The number of anilines is 1. The third-order valence-electron chi connectivity index (χ3n) is 3.96. The highest BCUT2D eigenvalue weighted by Crippen LogP contribution is 2.24. The van der Waals surface area contributed by atoms with E-state index in [2.05, 4.69) is 27.9 Å². The van der Waals surface area contributed by atoms with Gasteiger partial charge in [-0.1, -0.05) is 18.2 Å². The van der Waals surface area contributed by atoms with Crippen LogP contribution in [0, 0.1) is 12.8 Å². The van der Waals surface area contributed by atoms with Crippen molar-refractivity contribution in [2.75, 3.05) is 11.9 Å². The second-order valence-electron chi connectivity index (χ2n) is 5.57. The SMILES string of the molecule is Cc1nn(C)cc1CNC(=O)C1CNc2ccccc2C1. The lowest BCUT2D eigenvalue weighted by Gasteiger charge is -2.25. The largest absolute Gasteiger partial charge is 0.384 e. The highest BCUT2D eigenvalue weighted by Gasteiger charge is 2.24. The molecule has 0 radical (unpaired) electrons. The Morgan fingerprint density at radius 1 is 1.48 bits per heavy atom. The number of nitrogens with zero attached hydrogens (tertiary/aromatic N) is 2. The molecule has 21 heavy (non-hydrogen) atoms. The van der Waals surface area contributed by atoms with Crippen LogP contribution in [0.4, 0.5) is 5.69 Å². The van der Waals surface area contributed by atoms with Crippen LogP contribution in [0.3, 0.4) is 0 Å². The van der Waals surface area contributed by atoms with Crippen molar-refractivity contribution >= 4 is 11.6 Å². The number of aryl methyl sites for hydroxylation is 2. The molecule has 1 aliphatic rings. The van der Waals surface area contributed by atoms with Crippen molar-refractivity contribution in [1.82, 2.24) is 15.1 Å². The fourth-order valence-corrected chi connectivity index (χ4v) is 2.78. The summed E-state index contributed by atoms with van der Waals surface area (Å²) in [6, 6.07) is 8.16. The summed E-state index contributed by atoms with van der Waals surface area (Å²) in [5, 5.41) is 10.6. The Bertz CT molecular complexity index is 662. The van der Waals surface area contributed by atoms with E-state index in [1.165, 1.54) is 5.56 Å². The molecule has 2 N–H and O–H groups in total. The average molecular weight is 284 g/mol. The number of benzene rings is 1. The van der Waals surface area contributed by atoms with Gasteiger partial charge in [0.1, 0.15) is 0 Å². The molecule has 1 aromatic heterocycles. The summed E-state index contributed by atoms with van der Waals surface area (Å²) >= 11 is 0. The first-order valence-corrected chi connectivity index (χ1v) is 7.22. The Morgan fingerprint density at radius 3 is 3.05 bits per heavy atom. The van der Waals surface area contributed by atoms with E-state index < -0.39 is 0 Å². The summed E-state index contributed by atoms with van der Waals surface area (Å²) in [4.78, 5) is 12.3. The highest BCUT2D eigenvalue weighted by molar-refractivity contribution is 5.80. The topological polar surface area (TPSA) is 59.0 Å². The maximum atomic E-state index is 12.3. The molecule has 0 aliphatic carbocycles. The maximum absolute atomic E-state index is 12.3. The summed E-state index contributed by atoms with van der Waals surface area (Å²) in [6.45, 7) is 3.19. The first-order valence-electron chi connectivity index (χ1n) is 7.22. The summed E-state index contributed by atoms with van der Waals surface area (Å²) in [5.41, 5.74) is 4.38. The normalized spacial score (nSPS) is 17.0. The molecule has 3 rings (SSSR count). The van der Waals surface area contributed by atoms with Gasteiger partial charge in [0.2, 0.25) is 5.91 Å². The van der Waals surface area contributed by atoms with Crippen molar-refractivity contribution in [3.8, 4) is 0 Å². The molecule has 0 saturated heterocycles. The molecule has 1 unspecified atom stereocenters. The van der Waals surface area contributed by atoms with Crippen molar-refractivity contribution in [1.29, 1.82) is 0 Å². The number of amides is 1. The molecule has 2 aromatic rings. The Balaban J connectivity index is 1.61. The fraction of sp³-hybridized carbons (Fsp3) is 0.375. The molecule has 1 atom stereocenters. The Hall–Kier alpha value is -2.30. The standard InChI is InChI=1S/C16H20N4O/c1-11-14(10-20(2)19-11)9-18-16(21)13-7-12-5-3-4-6-15(12)17-8-13/h3-6,10,13,17H,7-9H2,1-2H3,(H,18,21). The van der Waals surface area contributed by atoms with E-state index in [-0.39, 0.29) is 11.8 Å². The maximum Gasteiger partial charge on any atom is 0.225 e. The number of para-hydroxylation sites is 1. The van der Waals surface area contributed by atoms with Gasteiger partial charge in [-0.15, -0.1) is 0 Å². The highest BCUT2D eigenvalue weighted by atomic mass is 16.1. The minimum absolute atomic E-state index is 0.0168. The number of hydrogen-bond acceptors (Lipinski definition) is 3. The monoisotopic (exact) mass is 284 g/mol. The number of rotatable bonds is 3. The summed E-state index contributed by atoms with van der Waals surface area (Å²) in [5.74, 6) is 0.0807. The van der Waals surface area contributed by atoms with Crippen molar-refractivity contribution in [2.24, 2.45) is 13.0 Å². The number of carbonyl (C=O) groups is 1. The molecule has 0 saturated carbocycles. The molecule has 0 fully saturated rings. The lowest BCUT2D eigenvalue weighted by molar-refractivity contribution is -0.124. The second kappa shape index (κ2) is 5.60. The number of carbonyl (C=O) groups excluding carboxylic acids is 1. The van der Waals surface area contributed by atoms with Crippen LogP contribution in [0.2, 0.25) is 0 Å². The van der Waals surface area contributed by atoms with Crippen LogP contribution in [0.1, 0.15) is 16.8 Å². The van der Waals surface area contributed by atoms with E-state index in [0.717, 1.165) is 23.4 Å². The van der Waals surface area contributed by atoms with E-state index in [1.54, 1.807) is 4.68 Å². The van der Waals surface area contributed by atoms with Gasteiger partial charge in [-0.25, -0.2) is 0 Å². The number of nitrogens with one attached hydrogen (secondary N) is 2. The fourth-order valence-electron chi connectivity index (χ4n) is 2.78. The predicted molar refractivity (Wildman–Crippen MR) is 81.9 cm³/mol. The summed E-state index contributed by atoms with van der Waals surface area (Å²) < 4.78 is 1.77. The predicted octanol–water partition coefficient (Wildman–Crippen LogP) is 1.63. The van der Waals surface area contributed by atoms with Crippen LogP contribution in [-0.4, -0.2) is 22.2 Å². The van der Waals surface area contributed by atoms with E-state index in [0.29, 0.717) is 13.1 Å². The summed E-state index contributed by atoms with van der Waals surface area (Å²) in [7, 11) is 1.89. The third-order valence-corrected chi connectivity index (χ3v) is 3.96. The number of fused-ring (bicyclic) bond motifs is 1. The molecule has 1 aliphatic heterocycles. The van der Waals surface area contributed by atoms with Crippen molar-refractivity contribution in [3.63, 3.8) is 0 Å². The zero-order chi connectivity index (χ0) is 14.8. The minimum Gasteiger partial charge on any atom is -0.384 e. The van der Waals surface area contributed by atoms with Crippen LogP contribution < -0.4 is 10.6 Å². The van der Waals surface area contributed by atoms with Gasteiger partial charge < -0.3 is 10.6 Å². The first kappa shape index (κ1) is 13.7. The van der Waals surface area contributed by atoms with E-state index in [1.807, 2.05) is 32.3 Å². The van der Waals surface area contributed by atoms with Crippen LogP contribution in [0.15, 0.2) is 30.5 Å². The van der Waals surface area contributed by atoms with E-state index >= 15 is 0 Å². The lowest BCUT2D eigenvalue weighted by Crippen LogP contribution is -2.37. The summed E-state index contributed by atoms with van der Waals surface area (Å²) in [6.07, 6.45) is 2.74. The van der Waals surface area contributed by atoms with E-state index in [9.17, 15) is 4.79 Å². The Morgan fingerprint density at radius 2 is 2.29 bits per heavy atom. The van der Waals surface area contributed by atoms with Gasteiger partial charge >= 0.3 is 0 Å². The molecule has 0 bridgehead atoms. The van der Waals surface area contributed by atoms with E-state index in [4.69, 9.17) is 0 Å². The molecule has 110 valence electrons. The molecule has 5 nitrogen and oxygen atoms in total. The molecule has 2 heterocycles. The average Bonchev–Trinajstić information content (AvgIpc) is 2.82. The zero-order valence-corrected chi connectivity index (χ0v) is 12.4. The van der Waals surface area contributed by atoms with Gasteiger partial charge in [0.05, 0.1) is 11.6 Å². The Kier molecular flexibility index (Phi) is 3.64. The van der Waals surface area contributed by atoms with Crippen LogP contribution in [0.5, 0.6) is 0 Å². The van der Waals surface area contributed by atoms with Crippen molar-refractivity contribution in [2.45, 2.75) is 19.9 Å². The molecular formula is C16H20N4O. The van der Waals surface area contributed by atoms with Gasteiger partial charge in [0.15, 0.2) is 0 Å². The lowest BCUT2D eigenvalue weighted by atomic mass is 9.93. The van der Waals surface area contributed by atoms with Gasteiger partial charge in [-0.05, 0) is 25.0 Å². The quantitative estimate of drug-likeness (QED) is 0.900. The minimum atomic E-state index is -0.0168. The van der Waals surface area contributed by atoms with Crippen LogP contribution >= 0.6 is 0 Å². The van der Waals surface area contributed by atoms with Gasteiger partial charge in [-0.3, -0.25) is 9.48 Å². The number of hydrogen-bond donors (Lipinski definition) is 2. The van der Waals surface area contributed by atoms with Crippen LogP contribution in [-0.2, 0) is 24.8 Å². The number of aromatic nitrogens is 2. The van der Waals surface area contributed by atoms with Gasteiger partial charge in [0.25, 0.3) is 0 Å². The van der Waals surface area contributed by atoms with Crippen molar-refractivity contribution < 1.29 is 4.79 Å². The molecule has 0 spiro atoms. The molecule has 1 amide bonds. The first-order chi connectivity index (χ1) is 10.1. The second-order valence-corrected chi connectivity index (χ2v) is 5.57. The third kappa shape index (κ3) is 2.91. The smallest absolute Gasteiger partial charge is 0.225 e. The van der Waals surface area contributed by atoms with Gasteiger partial charge in [-0.2, -0.15) is 5.10 Å². The molecule has 5 heteroatoms. The molecule has 1 aromatic carbocycles. The van der Waals surface area contributed by atoms with Gasteiger partial charge in [0, 0.05) is 37.6 Å². The zero-order valence-electron chi connectivity index (χ0n) is 12.4. The van der Waals surface area contributed by atoms with Crippen molar-refractivity contribution in [3.05, 3.63) is 47.3 Å². The van der Waals surface area contributed by atoms with Crippen LogP contribution in [0.25, 0.3) is 0 Å². The Labute approximate surface area is 124 Å².